The Balaban J connectivity index is 3.31. The molecule has 0 aromatic heterocycles. The van der Waals surface area contributed by atoms with Crippen LogP contribution in [-0.4, -0.2) is 31.1 Å². The van der Waals surface area contributed by atoms with Gasteiger partial charge in [0, 0.05) is 7.05 Å². The van der Waals surface area contributed by atoms with E-state index < -0.39 is 11.9 Å². The Hall–Kier alpha value is -2.04. The highest BCUT2D eigenvalue weighted by molar-refractivity contribution is 6.37. The Bertz CT molecular complexity index is 503. The first-order valence-electron chi connectivity index (χ1n) is 5.88. The Labute approximate surface area is 112 Å². The summed E-state index contributed by atoms with van der Waals surface area (Å²) in [6.07, 6.45) is 0. The summed E-state index contributed by atoms with van der Waals surface area (Å²) < 4.78 is 5.18. The molecule has 1 amide bonds. The molecule has 19 heavy (non-hydrogen) atoms. The number of likely N-dealkylation sites (N-methyl/N-ethyl adjacent to an activating group) is 1. The second-order valence-corrected chi connectivity index (χ2v) is 5.31. The molecule has 0 fully saturated rings. The van der Waals surface area contributed by atoms with E-state index in [1.54, 1.807) is 12.1 Å². The van der Waals surface area contributed by atoms with Crippen LogP contribution in [0.15, 0.2) is 18.2 Å². The summed E-state index contributed by atoms with van der Waals surface area (Å²) >= 11 is 0. The van der Waals surface area contributed by atoms with Crippen molar-refractivity contribution in [3.05, 3.63) is 23.8 Å². The standard InChI is InChI=1S/C14H19NO4/c1-14(2,3)9-6-7-11(19-5)10(8-9)15(4)12(16)13(17)18/h6-8H,1-5H3,(H,17,18). The van der Waals surface area contributed by atoms with Gasteiger partial charge in [-0.15, -0.1) is 0 Å². The van der Waals surface area contributed by atoms with Crippen molar-refractivity contribution in [2.75, 3.05) is 19.1 Å². The zero-order valence-electron chi connectivity index (χ0n) is 11.9. The molecule has 0 heterocycles. The van der Waals surface area contributed by atoms with Crippen molar-refractivity contribution < 1.29 is 19.4 Å². The van der Waals surface area contributed by atoms with E-state index in [1.165, 1.54) is 14.2 Å². The van der Waals surface area contributed by atoms with E-state index in [2.05, 4.69) is 0 Å². The first-order valence-corrected chi connectivity index (χ1v) is 5.88. The quantitative estimate of drug-likeness (QED) is 0.831. The maximum atomic E-state index is 11.5. The number of carboxylic acids is 1. The lowest BCUT2D eigenvalue weighted by Crippen LogP contribution is -2.33. The summed E-state index contributed by atoms with van der Waals surface area (Å²) in [4.78, 5) is 23.4. The van der Waals surface area contributed by atoms with Crippen LogP contribution in [0.5, 0.6) is 5.75 Å². The van der Waals surface area contributed by atoms with Crippen LogP contribution in [0.1, 0.15) is 26.3 Å². The van der Waals surface area contributed by atoms with Gasteiger partial charge in [0.15, 0.2) is 0 Å². The highest BCUT2D eigenvalue weighted by Gasteiger charge is 2.23. The summed E-state index contributed by atoms with van der Waals surface area (Å²) in [7, 11) is 2.90. The van der Waals surface area contributed by atoms with Crippen molar-refractivity contribution in [1.29, 1.82) is 0 Å². The fourth-order valence-corrected chi connectivity index (χ4v) is 1.67. The van der Waals surface area contributed by atoms with Crippen molar-refractivity contribution in [1.82, 2.24) is 0 Å². The lowest BCUT2D eigenvalue weighted by molar-refractivity contribution is -0.148. The molecule has 104 valence electrons. The first kappa shape index (κ1) is 15.0. The minimum Gasteiger partial charge on any atom is -0.495 e. The Morgan fingerprint density at radius 2 is 1.84 bits per heavy atom. The van der Waals surface area contributed by atoms with Gasteiger partial charge in [0.25, 0.3) is 0 Å². The molecular weight excluding hydrogens is 246 g/mol. The van der Waals surface area contributed by atoms with Crippen LogP contribution in [0.25, 0.3) is 0 Å². The van der Waals surface area contributed by atoms with Crippen molar-refractivity contribution in [3.63, 3.8) is 0 Å². The van der Waals surface area contributed by atoms with Gasteiger partial charge in [-0.3, -0.25) is 4.79 Å². The van der Waals surface area contributed by atoms with Crippen molar-refractivity contribution in [3.8, 4) is 5.75 Å². The summed E-state index contributed by atoms with van der Waals surface area (Å²) in [5.41, 5.74) is 1.34. The number of aliphatic carboxylic acids is 1. The van der Waals surface area contributed by atoms with Crippen LogP contribution in [0, 0.1) is 0 Å². The van der Waals surface area contributed by atoms with Crippen LogP contribution in [-0.2, 0) is 15.0 Å². The number of hydrogen-bond donors (Lipinski definition) is 1. The smallest absolute Gasteiger partial charge is 0.394 e. The molecule has 0 saturated heterocycles. The van der Waals surface area contributed by atoms with Gasteiger partial charge in [-0.2, -0.15) is 0 Å². The number of benzene rings is 1. The minimum atomic E-state index is -1.49. The van der Waals surface area contributed by atoms with E-state index in [1.807, 2.05) is 26.8 Å². The third-order valence-electron chi connectivity index (χ3n) is 2.89. The van der Waals surface area contributed by atoms with Crippen LogP contribution < -0.4 is 9.64 Å². The van der Waals surface area contributed by atoms with Crippen molar-refractivity contribution >= 4 is 17.6 Å². The van der Waals surface area contributed by atoms with Gasteiger partial charge in [0.05, 0.1) is 12.8 Å². The number of rotatable bonds is 2. The van der Waals surface area contributed by atoms with E-state index in [4.69, 9.17) is 9.84 Å². The van der Waals surface area contributed by atoms with Gasteiger partial charge < -0.3 is 14.7 Å². The van der Waals surface area contributed by atoms with Gasteiger partial charge in [0.2, 0.25) is 0 Å². The average molecular weight is 265 g/mol. The van der Waals surface area contributed by atoms with Gasteiger partial charge in [0.1, 0.15) is 5.75 Å². The lowest BCUT2D eigenvalue weighted by Gasteiger charge is -2.24. The molecule has 0 aliphatic carbocycles. The van der Waals surface area contributed by atoms with E-state index >= 15 is 0 Å². The molecule has 0 spiro atoms. The molecule has 0 aliphatic rings. The molecule has 1 N–H and O–H groups in total. The number of amides is 1. The molecule has 0 atom stereocenters. The molecule has 0 unspecified atom stereocenters. The largest absolute Gasteiger partial charge is 0.495 e. The summed E-state index contributed by atoms with van der Waals surface area (Å²) in [5.74, 6) is -2.03. The van der Waals surface area contributed by atoms with E-state index in [0.717, 1.165) is 10.5 Å². The number of ether oxygens (including phenoxy) is 1. The number of hydrogen-bond acceptors (Lipinski definition) is 3. The Morgan fingerprint density at radius 1 is 1.26 bits per heavy atom. The third kappa shape index (κ3) is 3.24. The van der Waals surface area contributed by atoms with Gasteiger partial charge in [-0.05, 0) is 23.1 Å². The predicted octanol–water partition coefficient (Wildman–Crippen LogP) is 2.04. The Morgan fingerprint density at radius 3 is 2.26 bits per heavy atom. The summed E-state index contributed by atoms with van der Waals surface area (Å²) in [5, 5.41) is 8.77. The highest BCUT2D eigenvalue weighted by atomic mass is 16.5. The lowest BCUT2D eigenvalue weighted by atomic mass is 9.86. The molecule has 0 aliphatic heterocycles. The fourth-order valence-electron chi connectivity index (χ4n) is 1.67. The maximum Gasteiger partial charge on any atom is 0.394 e. The second kappa shape index (κ2) is 5.30. The second-order valence-electron chi connectivity index (χ2n) is 5.31. The first-order chi connectivity index (χ1) is 8.68. The number of methoxy groups -OCH3 is 1. The zero-order chi connectivity index (χ0) is 14.8. The minimum absolute atomic E-state index is 0.103. The van der Waals surface area contributed by atoms with E-state index in [0.29, 0.717) is 11.4 Å². The van der Waals surface area contributed by atoms with Crippen molar-refractivity contribution in [2.45, 2.75) is 26.2 Å². The third-order valence-corrected chi connectivity index (χ3v) is 2.89. The highest BCUT2D eigenvalue weighted by Crippen LogP contribution is 2.33. The molecule has 1 rings (SSSR count). The molecule has 1 aromatic rings. The number of anilines is 1. The maximum absolute atomic E-state index is 11.5. The number of carbonyl (C=O) groups excluding carboxylic acids is 1. The van der Waals surface area contributed by atoms with Gasteiger partial charge >= 0.3 is 11.9 Å². The van der Waals surface area contributed by atoms with E-state index in [-0.39, 0.29) is 5.41 Å². The molecule has 0 bridgehead atoms. The van der Waals surface area contributed by atoms with Crippen LogP contribution in [0.4, 0.5) is 5.69 Å². The van der Waals surface area contributed by atoms with Crippen LogP contribution in [0.2, 0.25) is 0 Å². The van der Waals surface area contributed by atoms with Crippen LogP contribution in [0.3, 0.4) is 0 Å². The molecule has 0 saturated carbocycles. The summed E-state index contributed by atoms with van der Waals surface area (Å²) in [6, 6.07) is 5.42. The molecule has 0 radical (unpaired) electrons. The van der Waals surface area contributed by atoms with Gasteiger partial charge in [-0.25, -0.2) is 4.79 Å². The fraction of sp³-hybridized carbons (Fsp3) is 0.429. The number of nitrogens with zero attached hydrogens (tertiary/aromatic N) is 1. The van der Waals surface area contributed by atoms with Crippen molar-refractivity contribution in [2.24, 2.45) is 0 Å². The molecular formula is C14H19NO4. The van der Waals surface area contributed by atoms with Gasteiger partial charge in [-0.1, -0.05) is 26.8 Å². The normalized spacial score (nSPS) is 11.0. The molecule has 5 heteroatoms. The molecule has 5 nitrogen and oxygen atoms in total. The van der Waals surface area contributed by atoms with E-state index in [9.17, 15) is 9.59 Å². The van der Waals surface area contributed by atoms with Crippen LogP contribution >= 0.6 is 0 Å². The zero-order valence-corrected chi connectivity index (χ0v) is 11.9. The number of carboxylic acid groups (broad SMARTS) is 1. The molecule has 1 aromatic carbocycles. The summed E-state index contributed by atoms with van der Waals surface area (Å²) in [6.45, 7) is 6.12. The monoisotopic (exact) mass is 265 g/mol. The predicted molar refractivity (Wildman–Crippen MR) is 72.7 cm³/mol. The topological polar surface area (TPSA) is 66.8 Å². The number of carbonyl (C=O) groups is 2. The Kier molecular flexibility index (Phi) is 4.19. The SMILES string of the molecule is COc1ccc(C(C)(C)C)cc1N(C)C(=O)C(=O)O. The average Bonchev–Trinajstić information content (AvgIpc) is 2.34.